The van der Waals surface area contributed by atoms with Gasteiger partial charge in [0.15, 0.2) is 0 Å². The van der Waals surface area contributed by atoms with E-state index in [2.05, 4.69) is 0 Å². The van der Waals surface area contributed by atoms with Crippen LogP contribution < -0.4 is 5.32 Å². The standard InChI is InChI=1S/C15H11F12NO/c1-6-3-7(2)5-8(4-6)28-10(29)12(20,21)14(24,25)15(26,27)13(22,23)11(18,19)9(16)17/h3-5,9H,1-2H3,(H,28,29). The normalized spacial score (nSPS) is 14.3. The molecule has 0 fully saturated rings. The molecule has 166 valence electrons. The third kappa shape index (κ3) is 3.84. The van der Waals surface area contributed by atoms with Gasteiger partial charge in [0, 0.05) is 5.69 Å². The first kappa shape index (κ1) is 24.9. The fourth-order valence-electron chi connectivity index (χ4n) is 2.14. The number of hydrogen-bond donors (Lipinski definition) is 1. The minimum atomic E-state index is -7.75. The predicted molar refractivity (Wildman–Crippen MR) is 75.3 cm³/mol. The number of alkyl halides is 12. The SMILES string of the molecule is Cc1cc(C)cc(NC(=O)C(F)(F)C(F)(F)C(F)(F)C(F)(F)C(F)(F)C(F)F)c1. The number of hydrogen-bond acceptors (Lipinski definition) is 1. The van der Waals surface area contributed by atoms with Crippen LogP contribution in [0.4, 0.5) is 58.4 Å². The first-order valence-electron chi connectivity index (χ1n) is 7.30. The van der Waals surface area contributed by atoms with Crippen LogP contribution >= 0.6 is 0 Å². The summed E-state index contributed by atoms with van der Waals surface area (Å²) in [5.74, 6) is -39.9. The summed E-state index contributed by atoms with van der Waals surface area (Å²) in [6, 6.07) is 3.25. The molecule has 0 aromatic heterocycles. The zero-order valence-electron chi connectivity index (χ0n) is 14.3. The summed E-state index contributed by atoms with van der Waals surface area (Å²) in [7, 11) is 0. The van der Waals surface area contributed by atoms with Crippen molar-refractivity contribution in [2.75, 3.05) is 5.32 Å². The van der Waals surface area contributed by atoms with E-state index < -0.39 is 47.6 Å². The van der Waals surface area contributed by atoms with E-state index in [4.69, 9.17) is 0 Å². The van der Waals surface area contributed by atoms with Crippen LogP contribution in [-0.2, 0) is 4.79 Å². The van der Waals surface area contributed by atoms with Crippen molar-refractivity contribution in [2.45, 2.75) is 49.9 Å². The summed E-state index contributed by atoms with van der Waals surface area (Å²) in [4.78, 5) is 11.4. The van der Waals surface area contributed by atoms with E-state index in [0.29, 0.717) is 0 Å². The van der Waals surface area contributed by atoms with Gasteiger partial charge in [0.1, 0.15) is 0 Å². The maximum Gasteiger partial charge on any atom is 0.393 e. The van der Waals surface area contributed by atoms with Gasteiger partial charge in [-0.25, -0.2) is 8.78 Å². The molecule has 29 heavy (non-hydrogen) atoms. The summed E-state index contributed by atoms with van der Waals surface area (Å²) in [5, 5.41) is 1.07. The van der Waals surface area contributed by atoms with Crippen molar-refractivity contribution in [3.8, 4) is 0 Å². The van der Waals surface area contributed by atoms with Gasteiger partial charge in [-0.2, -0.15) is 43.9 Å². The van der Waals surface area contributed by atoms with Crippen molar-refractivity contribution in [2.24, 2.45) is 0 Å². The maximum absolute atomic E-state index is 13.7. The smallest absolute Gasteiger partial charge is 0.321 e. The fourth-order valence-corrected chi connectivity index (χ4v) is 2.14. The molecule has 0 saturated carbocycles. The monoisotopic (exact) mass is 449 g/mol. The minimum absolute atomic E-state index is 0.281. The highest BCUT2D eigenvalue weighted by molar-refractivity contribution is 5.97. The van der Waals surface area contributed by atoms with Gasteiger partial charge in [-0.1, -0.05) is 6.07 Å². The Morgan fingerprint density at radius 3 is 1.55 bits per heavy atom. The van der Waals surface area contributed by atoms with E-state index >= 15 is 0 Å². The molecule has 0 heterocycles. The van der Waals surface area contributed by atoms with Gasteiger partial charge in [-0.3, -0.25) is 4.79 Å². The first-order chi connectivity index (χ1) is 12.7. The molecule has 1 N–H and O–H groups in total. The molecule has 1 aromatic carbocycles. The number of nitrogens with one attached hydrogen (secondary N) is 1. The fraction of sp³-hybridized carbons (Fsp3) is 0.533. The number of aryl methyl sites for hydroxylation is 2. The van der Waals surface area contributed by atoms with E-state index in [1.165, 1.54) is 19.9 Å². The Morgan fingerprint density at radius 2 is 1.17 bits per heavy atom. The summed E-state index contributed by atoms with van der Waals surface area (Å²) in [6.07, 6.45) is -5.60. The molecule has 0 aliphatic carbocycles. The van der Waals surface area contributed by atoms with Gasteiger partial charge < -0.3 is 5.32 Å². The lowest BCUT2D eigenvalue weighted by atomic mass is 9.94. The van der Waals surface area contributed by atoms with Crippen molar-refractivity contribution in [3.63, 3.8) is 0 Å². The zero-order valence-corrected chi connectivity index (χ0v) is 14.3. The molecule has 0 saturated heterocycles. The van der Waals surface area contributed by atoms with Crippen molar-refractivity contribution in [1.29, 1.82) is 0 Å². The van der Waals surface area contributed by atoms with Gasteiger partial charge in [0.25, 0.3) is 0 Å². The summed E-state index contributed by atoms with van der Waals surface area (Å²) >= 11 is 0. The van der Waals surface area contributed by atoms with Crippen molar-refractivity contribution in [3.05, 3.63) is 29.3 Å². The molecule has 14 heteroatoms. The molecular weight excluding hydrogens is 438 g/mol. The van der Waals surface area contributed by atoms with E-state index in [1.807, 2.05) is 0 Å². The average Bonchev–Trinajstić information content (AvgIpc) is 2.52. The number of rotatable bonds is 7. The number of halogens is 12. The van der Waals surface area contributed by atoms with Gasteiger partial charge >= 0.3 is 41.9 Å². The Kier molecular flexibility index (Phi) is 6.24. The highest BCUT2D eigenvalue weighted by atomic mass is 19.4. The molecule has 2 nitrogen and oxygen atoms in total. The highest BCUT2D eigenvalue weighted by Crippen LogP contribution is 2.58. The second kappa shape index (κ2) is 7.27. The molecule has 1 amide bonds. The second-order valence-corrected chi connectivity index (χ2v) is 6.05. The Labute approximate surface area is 154 Å². The zero-order chi connectivity index (χ0) is 23.2. The number of carbonyl (C=O) groups is 1. The molecule has 0 unspecified atom stereocenters. The molecule has 0 aliphatic heterocycles. The lowest BCUT2D eigenvalue weighted by Crippen LogP contribution is -2.70. The number of carbonyl (C=O) groups excluding carboxylic acids is 1. The largest absolute Gasteiger partial charge is 0.393 e. The third-order valence-electron chi connectivity index (χ3n) is 3.64. The molecule has 1 rings (SSSR count). The summed E-state index contributed by atoms with van der Waals surface area (Å²) in [6.45, 7) is 2.72. The second-order valence-electron chi connectivity index (χ2n) is 6.05. The Balaban J connectivity index is 3.37. The van der Waals surface area contributed by atoms with Crippen LogP contribution in [0.1, 0.15) is 11.1 Å². The van der Waals surface area contributed by atoms with Crippen LogP contribution in [0.2, 0.25) is 0 Å². The van der Waals surface area contributed by atoms with Crippen LogP contribution in [0.5, 0.6) is 0 Å². The maximum atomic E-state index is 13.7. The first-order valence-corrected chi connectivity index (χ1v) is 7.30. The minimum Gasteiger partial charge on any atom is -0.321 e. The molecule has 0 radical (unpaired) electrons. The Bertz CT molecular complexity index is 754. The molecule has 0 spiro atoms. The van der Waals surface area contributed by atoms with Crippen LogP contribution in [0.15, 0.2) is 18.2 Å². The lowest BCUT2D eigenvalue weighted by Gasteiger charge is -2.38. The van der Waals surface area contributed by atoms with Crippen LogP contribution in [0, 0.1) is 13.8 Å². The molecule has 0 bridgehead atoms. The van der Waals surface area contributed by atoms with Gasteiger partial charge in [-0.05, 0) is 37.1 Å². The predicted octanol–water partition coefficient (Wildman–Crippen LogP) is 5.68. The van der Waals surface area contributed by atoms with Crippen molar-refractivity contribution < 1.29 is 57.5 Å². The number of benzene rings is 1. The van der Waals surface area contributed by atoms with Gasteiger partial charge in [-0.15, -0.1) is 0 Å². The van der Waals surface area contributed by atoms with Crippen LogP contribution in [0.3, 0.4) is 0 Å². The molecule has 0 aliphatic rings. The van der Waals surface area contributed by atoms with Crippen LogP contribution in [0.25, 0.3) is 0 Å². The third-order valence-corrected chi connectivity index (χ3v) is 3.64. The van der Waals surface area contributed by atoms with E-state index in [0.717, 1.165) is 17.4 Å². The summed E-state index contributed by atoms with van der Waals surface area (Å²) < 4.78 is 157. The molecule has 1 aromatic rings. The van der Waals surface area contributed by atoms with Gasteiger partial charge in [0.2, 0.25) is 0 Å². The molecule has 0 atom stereocenters. The van der Waals surface area contributed by atoms with Crippen molar-refractivity contribution in [1.82, 2.24) is 0 Å². The summed E-state index contributed by atoms with van der Waals surface area (Å²) in [5.41, 5.74) is -0.0661. The highest BCUT2D eigenvalue weighted by Gasteiger charge is 2.89. The van der Waals surface area contributed by atoms with Crippen LogP contribution in [-0.4, -0.2) is 41.9 Å². The number of amides is 1. The van der Waals surface area contributed by atoms with E-state index in [-0.39, 0.29) is 11.1 Å². The van der Waals surface area contributed by atoms with E-state index in [9.17, 15) is 57.5 Å². The Morgan fingerprint density at radius 1 is 0.759 bits per heavy atom. The van der Waals surface area contributed by atoms with E-state index in [1.54, 1.807) is 0 Å². The van der Waals surface area contributed by atoms with Crippen molar-refractivity contribution >= 4 is 11.6 Å². The topological polar surface area (TPSA) is 29.1 Å². The van der Waals surface area contributed by atoms with Gasteiger partial charge in [0.05, 0.1) is 0 Å². The molecular formula is C15H11F12NO. The lowest BCUT2D eigenvalue weighted by molar-refractivity contribution is -0.406. The quantitative estimate of drug-likeness (QED) is 0.533. The number of anilines is 1. The Hall–Kier alpha value is -2.15. The average molecular weight is 449 g/mol.